The van der Waals surface area contributed by atoms with Crippen molar-refractivity contribution in [3.63, 3.8) is 0 Å². The normalized spacial score (nSPS) is 10.8. The van der Waals surface area contributed by atoms with E-state index in [2.05, 4.69) is 17.0 Å². The van der Waals surface area contributed by atoms with Crippen molar-refractivity contribution in [3.8, 4) is 17.4 Å². The van der Waals surface area contributed by atoms with E-state index in [9.17, 15) is 4.79 Å². The molecule has 0 aliphatic carbocycles. The van der Waals surface area contributed by atoms with Gasteiger partial charge in [0, 0.05) is 18.6 Å². The lowest BCUT2D eigenvalue weighted by atomic mass is 10.1. The summed E-state index contributed by atoms with van der Waals surface area (Å²) in [5.41, 5.74) is 3.17. The fourth-order valence-corrected chi connectivity index (χ4v) is 2.94. The predicted octanol–water partition coefficient (Wildman–Crippen LogP) is 4.20. The van der Waals surface area contributed by atoms with E-state index >= 15 is 0 Å². The molecule has 1 aromatic heterocycles. The molecule has 152 valence electrons. The molecule has 0 aliphatic heterocycles. The molecule has 3 rings (SSSR count). The van der Waals surface area contributed by atoms with Crippen molar-refractivity contribution in [1.82, 2.24) is 14.8 Å². The van der Waals surface area contributed by atoms with Gasteiger partial charge in [0.25, 0.3) is 0 Å². The largest absolute Gasteiger partial charge is 0.460 e. The van der Waals surface area contributed by atoms with E-state index in [-0.39, 0.29) is 11.9 Å². The highest BCUT2D eigenvalue weighted by Gasteiger charge is 2.18. The number of benzene rings is 2. The fourth-order valence-electron chi connectivity index (χ4n) is 2.94. The van der Waals surface area contributed by atoms with Crippen LogP contribution in [0.4, 0.5) is 0 Å². The highest BCUT2D eigenvalue weighted by molar-refractivity contribution is 5.82. The zero-order valence-corrected chi connectivity index (χ0v) is 17.0. The Morgan fingerprint density at radius 1 is 0.966 bits per heavy atom. The number of rotatable bonds is 10. The minimum Gasteiger partial charge on any atom is -0.460 e. The van der Waals surface area contributed by atoms with Crippen LogP contribution in [0.5, 0.6) is 6.01 Å². The van der Waals surface area contributed by atoms with Gasteiger partial charge in [0.15, 0.2) is 5.82 Å². The van der Waals surface area contributed by atoms with E-state index in [0.717, 1.165) is 17.5 Å². The Morgan fingerprint density at radius 3 is 2.41 bits per heavy atom. The summed E-state index contributed by atoms with van der Waals surface area (Å²) in [4.78, 5) is 17.4. The van der Waals surface area contributed by atoms with Gasteiger partial charge in [-0.1, -0.05) is 61.5 Å². The highest BCUT2D eigenvalue weighted by atomic mass is 16.5. The molecular formula is C23H27N3O3. The van der Waals surface area contributed by atoms with Crippen molar-refractivity contribution in [3.05, 3.63) is 65.7 Å². The number of carbonyl (C=O) groups is 1. The first kappa shape index (κ1) is 20.7. The van der Waals surface area contributed by atoms with Crippen LogP contribution in [-0.2, 0) is 17.6 Å². The molecule has 6 nitrogen and oxygen atoms in total. The van der Waals surface area contributed by atoms with Crippen LogP contribution in [0.15, 0.2) is 54.6 Å². The van der Waals surface area contributed by atoms with Gasteiger partial charge in [-0.25, -0.2) is 0 Å². The van der Waals surface area contributed by atoms with Crippen molar-refractivity contribution >= 4 is 5.91 Å². The molecule has 0 atom stereocenters. The van der Waals surface area contributed by atoms with Crippen molar-refractivity contribution < 1.29 is 14.3 Å². The quantitative estimate of drug-likeness (QED) is 0.483. The lowest BCUT2D eigenvalue weighted by Gasteiger charge is -2.05. The van der Waals surface area contributed by atoms with Gasteiger partial charge in [0.2, 0.25) is 5.91 Å². The number of aryl methyl sites for hydroxylation is 2. The first-order valence-electron chi connectivity index (χ1n) is 10.0. The summed E-state index contributed by atoms with van der Waals surface area (Å²) >= 11 is 0. The summed E-state index contributed by atoms with van der Waals surface area (Å²) in [7, 11) is 0. The lowest BCUT2D eigenvalue weighted by molar-refractivity contribution is 0.0882. The number of nitrogens with zero attached hydrogens (tertiary/aromatic N) is 3. The van der Waals surface area contributed by atoms with Gasteiger partial charge in [-0.05, 0) is 30.9 Å². The monoisotopic (exact) mass is 393 g/mol. The average molecular weight is 393 g/mol. The van der Waals surface area contributed by atoms with Gasteiger partial charge in [-0.15, -0.1) is 5.10 Å². The van der Waals surface area contributed by atoms with Crippen LogP contribution in [-0.4, -0.2) is 40.5 Å². The van der Waals surface area contributed by atoms with Crippen LogP contribution < -0.4 is 4.74 Å². The standard InChI is InChI=1S/C23H27N3O3/c1-3-18-10-13-20(14-11-18)22-24-23(29-17-16-28-4-2)25-26(22)21(27)15-12-19-8-6-5-7-9-19/h5-11,13-14H,3-4,12,15-17H2,1-2H3. The van der Waals surface area contributed by atoms with Gasteiger partial charge >= 0.3 is 6.01 Å². The molecule has 3 aromatic rings. The fraction of sp³-hybridized carbons (Fsp3) is 0.348. The molecule has 0 saturated heterocycles. The zero-order chi connectivity index (χ0) is 20.5. The van der Waals surface area contributed by atoms with Crippen LogP contribution in [0.1, 0.15) is 36.2 Å². The number of hydrogen-bond acceptors (Lipinski definition) is 5. The van der Waals surface area contributed by atoms with E-state index in [1.165, 1.54) is 10.2 Å². The maximum Gasteiger partial charge on any atom is 0.336 e. The molecule has 2 aromatic carbocycles. The van der Waals surface area contributed by atoms with E-state index in [0.29, 0.717) is 38.5 Å². The molecule has 0 aliphatic rings. The Morgan fingerprint density at radius 2 is 1.72 bits per heavy atom. The van der Waals surface area contributed by atoms with E-state index in [4.69, 9.17) is 9.47 Å². The second-order valence-corrected chi connectivity index (χ2v) is 6.60. The Hall–Kier alpha value is -2.99. The summed E-state index contributed by atoms with van der Waals surface area (Å²) in [5.74, 6) is 0.382. The smallest absolute Gasteiger partial charge is 0.336 e. The van der Waals surface area contributed by atoms with Crippen molar-refractivity contribution in [2.75, 3.05) is 19.8 Å². The van der Waals surface area contributed by atoms with Crippen LogP contribution in [0.3, 0.4) is 0 Å². The lowest BCUT2D eigenvalue weighted by Crippen LogP contribution is -2.15. The first-order valence-corrected chi connectivity index (χ1v) is 10.0. The van der Waals surface area contributed by atoms with Gasteiger partial charge in [-0.2, -0.15) is 9.67 Å². The summed E-state index contributed by atoms with van der Waals surface area (Å²) in [5, 5.41) is 4.32. The first-order chi connectivity index (χ1) is 14.2. The molecule has 0 amide bonds. The Labute approximate surface area is 171 Å². The Kier molecular flexibility index (Phi) is 7.53. The molecule has 0 N–H and O–H groups in total. The van der Waals surface area contributed by atoms with Gasteiger partial charge in [0.05, 0.1) is 6.61 Å². The molecule has 0 bridgehead atoms. The third-order valence-electron chi connectivity index (χ3n) is 4.58. The molecule has 29 heavy (non-hydrogen) atoms. The summed E-state index contributed by atoms with van der Waals surface area (Å²) in [6, 6.07) is 18.1. The van der Waals surface area contributed by atoms with Gasteiger partial charge in [0.1, 0.15) is 6.61 Å². The van der Waals surface area contributed by atoms with Crippen LogP contribution in [0, 0.1) is 0 Å². The summed E-state index contributed by atoms with van der Waals surface area (Å²) in [6.07, 6.45) is 1.94. The third-order valence-corrected chi connectivity index (χ3v) is 4.58. The van der Waals surface area contributed by atoms with Gasteiger partial charge in [-0.3, -0.25) is 4.79 Å². The van der Waals surface area contributed by atoms with Crippen LogP contribution in [0.2, 0.25) is 0 Å². The number of aromatic nitrogens is 3. The Balaban J connectivity index is 1.79. The molecule has 0 saturated carbocycles. The van der Waals surface area contributed by atoms with Crippen LogP contribution >= 0.6 is 0 Å². The third kappa shape index (κ3) is 5.74. The molecule has 0 radical (unpaired) electrons. The predicted molar refractivity (Wildman–Crippen MR) is 112 cm³/mol. The molecule has 6 heteroatoms. The average Bonchev–Trinajstić information content (AvgIpc) is 3.20. The van der Waals surface area contributed by atoms with Crippen molar-refractivity contribution in [2.24, 2.45) is 0 Å². The second kappa shape index (κ2) is 10.5. The molecular weight excluding hydrogens is 366 g/mol. The topological polar surface area (TPSA) is 66.2 Å². The van der Waals surface area contributed by atoms with Crippen LogP contribution in [0.25, 0.3) is 11.4 Å². The van der Waals surface area contributed by atoms with Crippen molar-refractivity contribution in [2.45, 2.75) is 33.1 Å². The number of ether oxygens (including phenoxy) is 2. The second-order valence-electron chi connectivity index (χ2n) is 6.60. The maximum absolute atomic E-state index is 12.9. The molecule has 0 spiro atoms. The SMILES string of the molecule is CCOCCOc1nc(-c2ccc(CC)cc2)n(C(=O)CCc2ccccc2)n1. The van der Waals surface area contributed by atoms with Crippen molar-refractivity contribution in [1.29, 1.82) is 0 Å². The molecule has 0 unspecified atom stereocenters. The maximum atomic E-state index is 12.9. The molecule has 1 heterocycles. The summed E-state index contributed by atoms with van der Waals surface area (Å²) in [6.45, 7) is 5.45. The minimum atomic E-state index is -0.115. The minimum absolute atomic E-state index is 0.115. The van der Waals surface area contributed by atoms with E-state index in [1.807, 2.05) is 61.5 Å². The van der Waals surface area contributed by atoms with Gasteiger partial charge < -0.3 is 9.47 Å². The van der Waals surface area contributed by atoms with E-state index < -0.39 is 0 Å². The zero-order valence-electron chi connectivity index (χ0n) is 17.0. The molecule has 0 fully saturated rings. The summed E-state index contributed by atoms with van der Waals surface area (Å²) < 4.78 is 12.2. The number of hydrogen-bond donors (Lipinski definition) is 0. The number of carbonyl (C=O) groups excluding carboxylic acids is 1. The highest BCUT2D eigenvalue weighted by Crippen LogP contribution is 2.21. The Bertz CT molecular complexity index is 905. The van der Waals surface area contributed by atoms with E-state index in [1.54, 1.807) is 0 Å².